The molecule has 1 amide bonds. The van der Waals surface area contributed by atoms with Gasteiger partial charge in [0.2, 0.25) is 0 Å². The van der Waals surface area contributed by atoms with Gasteiger partial charge in [-0.1, -0.05) is 6.42 Å². The van der Waals surface area contributed by atoms with E-state index < -0.39 is 0 Å². The molecule has 1 fully saturated rings. The molecule has 0 aliphatic heterocycles. The van der Waals surface area contributed by atoms with E-state index in [0.717, 1.165) is 12.8 Å². The van der Waals surface area contributed by atoms with E-state index in [0.29, 0.717) is 59.6 Å². The van der Waals surface area contributed by atoms with E-state index in [1.807, 2.05) is 11.5 Å². The Hall–Kier alpha value is -3.01. The number of nitrogens with one attached hydrogen (secondary N) is 1. The summed E-state index contributed by atoms with van der Waals surface area (Å²) in [6.45, 7) is 3.89. The molecule has 154 valence electrons. The van der Waals surface area contributed by atoms with Crippen LogP contribution in [-0.4, -0.2) is 43.8 Å². The average molecular weight is 398 g/mol. The van der Waals surface area contributed by atoms with E-state index in [2.05, 4.69) is 25.6 Å². The Labute approximate surface area is 168 Å². The van der Waals surface area contributed by atoms with Gasteiger partial charge in [-0.2, -0.15) is 0 Å². The smallest absolute Gasteiger partial charge is 0.255 e. The van der Waals surface area contributed by atoms with E-state index in [1.54, 1.807) is 12.4 Å². The van der Waals surface area contributed by atoms with E-state index >= 15 is 0 Å². The number of hydrogen-bond donors (Lipinski definition) is 3. The molecule has 1 aliphatic carbocycles. The van der Waals surface area contributed by atoms with Crippen LogP contribution >= 0.6 is 0 Å². The Bertz CT molecular complexity index is 1010. The number of anilines is 1. The summed E-state index contributed by atoms with van der Waals surface area (Å²) in [5.74, 6) is 1.51. The van der Waals surface area contributed by atoms with Crippen molar-refractivity contribution in [2.75, 3.05) is 18.8 Å². The van der Waals surface area contributed by atoms with Crippen molar-refractivity contribution in [3.63, 3.8) is 0 Å². The number of fused-ring (bicyclic) bond motifs is 1. The molecule has 2 unspecified atom stereocenters. The van der Waals surface area contributed by atoms with Gasteiger partial charge in [-0.3, -0.25) is 9.78 Å². The van der Waals surface area contributed by atoms with Gasteiger partial charge in [0.1, 0.15) is 5.52 Å². The molecular weight excluding hydrogens is 372 g/mol. The summed E-state index contributed by atoms with van der Waals surface area (Å²) in [7, 11) is 0. The van der Waals surface area contributed by atoms with E-state index in [1.165, 1.54) is 12.8 Å². The van der Waals surface area contributed by atoms with Crippen LogP contribution in [-0.2, 0) is 6.54 Å². The zero-order valence-corrected chi connectivity index (χ0v) is 16.5. The minimum absolute atomic E-state index is 0.153. The van der Waals surface area contributed by atoms with Crippen LogP contribution in [0.2, 0.25) is 0 Å². The van der Waals surface area contributed by atoms with Gasteiger partial charge >= 0.3 is 0 Å². The van der Waals surface area contributed by atoms with E-state index in [-0.39, 0.29) is 11.7 Å². The fourth-order valence-electron chi connectivity index (χ4n) is 4.23. The predicted octanol–water partition coefficient (Wildman–Crippen LogP) is 1.58. The molecule has 3 aromatic rings. The molecule has 3 aromatic heterocycles. The van der Waals surface area contributed by atoms with Crippen molar-refractivity contribution in [1.29, 1.82) is 0 Å². The monoisotopic (exact) mass is 398 g/mol. The molecule has 0 aromatic carbocycles. The number of nitrogen functional groups attached to an aromatic ring is 1. The third-order valence-electron chi connectivity index (χ3n) is 5.71. The second-order valence-corrected chi connectivity index (χ2v) is 7.58. The third-order valence-corrected chi connectivity index (χ3v) is 5.71. The Balaban J connectivity index is 1.61. The minimum Gasteiger partial charge on any atom is -0.379 e. The number of aryl methyl sites for hydroxylation is 1. The van der Waals surface area contributed by atoms with Gasteiger partial charge in [0, 0.05) is 19.3 Å². The van der Waals surface area contributed by atoms with Gasteiger partial charge in [-0.15, -0.1) is 0 Å². The lowest BCUT2D eigenvalue weighted by molar-refractivity contribution is 0.0941. The summed E-state index contributed by atoms with van der Waals surface area (Å²) in [6.07, 6.45) is 7.73. The van der Waals surface area contributed by atoms with Crippen molar-refractivity contribution < 1.29 is 9.42 Å². The molecule has 1 saturated carbocycles. The number of imidazole rings is 1. The fourth-order valence-corrected chi connectivity index (χ4v) is 4.23. The molecule has 0 spiro atoms. The Kier molecular flexibility index (Phi) is 5.43. The molecule has 4 rings (SSSR count). The summed E-state index contributed by atoms with van der Waals surface area (Å²) in [6, 6.07) is 0. The number of nitrogens with zero attached hydrogens (tertiary/aromatic N) is 5. The Morgan fingerprint density at radius 3 is 2.86 bits per heavy atom. The maximum Gasteiger partial charge on any atom is 0.255 e. The second kappa shape index (κ2) is 8.16. The van der Waals surface area contributed by atoms with Crippen LogP contribution in [0.4, 0.5) is 5.82 Å². The Morgan fingerprint density at radius 1 is 1.31 bits per heavy atom. The van der Waals surface area contributed by atoms with Gasteiger partial charge in [0.25, 0.3) is 5.91 Å². The minimum atomic E-state index is -0.162. The highest BCUT2D eigenvalue weighted by Crippen LogP contribution is 2.29. The molecule has 3 heterocycles. The first-order chi connectivity index (χ1) is 14.1. The van der Waals surface area contributed by atoms with Crippen molar-refractivity contribution in [3.05, 3.63) is 18.0 Å². The van der Waals surface area contributed by atoms with Crippen LogP contribution in [0.5, 0.6) is 0 Å². The van der Waals surface area contributed by atoms with Crippen molar-refractivity contribution in [2.45, 2.75) is 39.2 Å². The number of amides is 1. The first-order valence-electron chi connectivity index (χ1n) is 10.0. The van der Waals surface area contributed by atoms with Crippen molar-refractivity contribution in [2.24, 2.45) is 17.6 Å². The van der Waals surface area contributed by atoms with Crippen LogP contribution in [0.1, 0.15) is 43.0 Å². The molecule has 10 nitrogen and oxygen atoms in total. The molecular formula is C19H26N8O2. The molecule has 0 radical (unpaired) electrons. The summed E-state index contributed by atoms with van der Waals surface area (Å²) in [5, 5.41) is 10.6. The lowest BCUT2D eigenvalue weighted by atomic mass is 9.81. The number of hydrogen-bond acceptors (Lipinski definition) is 8. The number of carbonyl (C=O) groups excluding carboxylic acids is 1. The van der Waals surface area contributed by atoms with Crippen molar-refractivity contribution in [3.8, 4) is 11.5 Å². The summed E-state index contributed by atoms with van der Waals surface area (Å²) in [4.78, 5) is 21.8. The number of pyridine rings is 1. The topological polar surface area (TPSA) is 151 Å². The molecule has 1 aliphatic rings. The van der Waals surface area contributed by atoms with Crippen LogP contribution in [0.15, 0.2) is 17.0 Å². The maximum absolute atomic E-state index is 13.0. The number of carbonyl (C=O) groups is 1. The first-order valence-corrected chi connectivity index (χ1v) is 10.0. The highest BCUT2D eigenvalue weighted by Gasteiger charge is 2.24. The number of rotatable bonds is 6. The number of aromatic nitrogens is 5. The number of nitrogens with two attached hydrogens (primary N) is 2. The summed E-state index contributed by atoms with van der Waals surface area (Å²) in [5.41, 5.74) is 13.8. The van der Waals surface area contributed by atoms with Gasteiger partial charge in [-0.05, 0) is 54.9 Å². The molecule has 0 bridgehead atoms. The molecule has 10 heteroatoms. The first kappa shape index (κ1) is 19.3. The molecule has 29 heavy (non-hydrogen) atoms. The predicted molar refractivity (Wildman–Crippen MR) is 108 cm³/mol. The summed E-state index contributed by atoms with van der Waals surface area (Å²) >= 11 is 0. The van der Waals surface area contributed by atoms with Crippen LogP contribution in [0, 0.1) is 11.8 Å². The third kappa shape index (κ3) is 3.67. The van der Waals surface area contributed by atoms with Crippen LogP contribution in [0.3, 0.4) is 0 Å². The van der Waals surface area contributed by atoms with Gasteiger partial charge in [0.05, 0.1) is 17.3 Å². The standard InChI is InChI=1S/C19H26N8O2/c1-2-27-16-13(19(28)23-8-12-5-3-4-11(6-12)7-20)9-22-10-14(16)24-18(27)15-17(21)26-29-25-15/h9-12H,2-8,20H2,1H3,(H2,21,26)(H,23,28). The maximum atomic E-state index is 13.0. The largest absolute Gasteiger partial charge is 0.379 e. The van der Waals surface area contributed by atoms with Gasteiger partial charge in [0.15, 0.2) is 17.3 Å². The summed E-state index contributed by atoms with van der Waals surface area (Å²) < 4.78 is 6.60. The highest BCUT2D eigenvalue weighted by molar-refractivity contribution is 6.05. The highest BCUT2D eigenvalue weighted by atomic mass is 16.6. The fraction of sp³-hybridized carbons (Fsp3) is 0.526. The molecule has 2 atom stereocenters. The van der Waals surface area contributed by atoms with Crippen LogP contribution < -0.4 is 16.8 Å². The molecule has 5 N–H and O–H groups in total. The SMILES string of the molecule is CCn1c(-c2nonc2N)nc2cncc(C(=O)NCC3CCCC(CN)C3)c21. The van der Waals surface area contributed by atoms with Crippen LogP contribution in [0.25, 0.3) is 22.6 Å². The van der Waals surface area contributed by atoms with E-state index in [9.17, 15) is 4.79 Å². The van der Waals surface area contributed by atoms with Gasteiger partial charge < -0.3 is 21.4 Å². The normalized spacial score (nSPS) is 19.5. The molecule has 0 saturated heterocycles. The lowest BCUT2D eigenvalue weighted by Gasteiger charge is -2.28. The lowest BCUT2D eigenvalue weighted by Crippen LogP contribution is -2.33. The Morgan fingerprint density at radius 2 is 2.14 bits per heavy atom. The van der Waals surface area contributed by atoms with Crippen molar-refractivity contribution in [1.82, 2.24) is 30.2 Å². The second-order valence-electron chi connectivity index (χ2n) is 7.58. The van der Waals surface area contributed by atoms with Crippen molar-refractivity contribution >= 4 is 22.8 Å². The van der Waals surface area contributed by atoms with E-state index in [4.69, 9.17) is 16.1 Å². The zero-order chi connectivity index (χ0) is 20.4. The average Bonchev–Trinajstić information content (AvgIpc) is 3.34. The quantitative estimate of drug-likeness (QED) is 0.566. The van der Waals surface area contributed by atoms with Gasteiger partial charge in [-0.25, -0.2) is 9.61 Å². The zero-order valence-electron chi connectivity index (χ0n) is 16.5.